The van der Waals surface area contributed by atoms with Crippen LogP contribution in [0.25, 0.3) is 0 Å². The molecule has 114 valence electrons. The van der Waals surface area contributed by atoms with Gasteiger partial charge >= 0.3 is 0 Å². The molecular weight excluding hydrogens is 284 g/mol. The first kappa shape index (κ1) is 15.9. The third-order valence-corrected chi connectivity index (χ3v) is 3.92. The minimum atomic E-state index is -0.532. The molecule has 1 heterocycles. The number of aliphatic hydroxyl groups excluding tert-OH is 1. The standard InChI is InChI=1S/C16H22N2O2S/c1-3-13-5-4-6-16(7-13)20-10-15(19)9-17-8-14-11-21-12(2)18-14/h4-7,11,15,17,19H,3,8-10H2,1-2H3. The van der Waals surface area contributed by atoms with E-state index in [2.05, 4.69) is 23.3 Å². The second-order valence-corrected chi connectivity index (χ2v) is 6.02. The molecule has 0 bridgehead atoms. The molecule has 21 heavy (non-hydrogen) atoms. The summed E-state index contributed by atoms with van der Waals surface area (Å²) < 4.78 is 5.61. The van der Waals surface area contributed by atoms with Gasteiger partial charge in [0.2, 0.25) is 0 Å². The Kier molecular flexibility index (Phi) is 6.17. The van der Waals surface area contributed by atoms with Crippen LogP contribution in [0.2, 0.25) is 0 Å². The molecule has 1 unspecified atom stereocenters. The van der Waals surface area contributed by atoms with Gasteiger partial charge in [0.15, 0.2) is 0 Å². The maximum absolute atomic E-state index is 9.91. The van der Waals surface area contributed by atoms with E-state index < -0.39 is 6.10 Å². The van der Waals surface area contributed by atoms with E-state index in [1.165, 1.54) is 5.56 Å². The van der Waals surface area contributed by atoms with Crippen LogP contribution in [0.1, 0.15) is 23.2 Å². The third kappa shape index (κ3) is 5.46. The predicted octanol–water partition coefficient (Wildman–Crippen LogP) is 2.54. The van der Waals surface area contributed by atoms with Crippen molar-refractivity contribution in [2.45, 2.75) is 32.9 Å². The molecule has 5 heteroatoms. The van der Waals surface area contributed by atoms with Gasteiger partial charge in [-0.3, -0.25) is 0 Å². The highest BCUT2D eigenvalue weighted by Crippen LogP contribution is 2.13. The van der Waals surface area contributed by atoms with Crippen molar-refractivity contribution in [1.29, 1.82) is 0 Å². The van der Waals surface area contributed by atoms with Crippen molar-refractivity contribution >= 4 is 11.3 Å². The second kappa shape index (κ2) is 8.12. The topological polar surface area (TPSA) is 54.4 Å². The zero-order chi connectivity index (χ0) is 15.1. The lowest BCUT2D eigenvalue weighted by Crippen LogP contribution is -2.31. The van der Waals surface area contributed by atoms with Gasteiger partial charge in [0, 0.05) is 18.5 Å². The molecule has 0 saturated carbocycles. The van der Waals surface area contributed by atoms with Gasteiger partial charge in [0.1, 0.15) is 18.5 Å². The molecule has 2 rings (SSSR count). The molecule has 0 aliphatic heterocycles. The fourth-order valence-electron chi connectivity index (χ4n) is 1.96. The number of aryl methyl sites for hydroxylation is 2. The molecule has 0 aliphatic carbocycles. The Labute approximate surface area is 129 Å². The van der Waals surface area contributed by atoms with Crippen molar-refractivity contribution in [3.8, 4) is 5.75 Å². The molecule has 2 aromatic rings. The number of benzene rings is 1. The number of ether oxygens (including phenoxy) is 1. The summed E-state index contributed by atoms with van der Waals surface area (Å²) in [5, 5.41) is 16.2. The molecular formula is C16H22N2O2S. The summed E-state index contributed by atoms with van der Waals surface area (Å²) in [7, 11) is 0. The number of rotatable bonds is 8. The summed E-state index contributed by atoms with van der Waals surface area (Å²) >= 11 is 1.64. The number of aromatic nitrogens is 1. The minimum Gasteiger partial charge on any atom is -0.491 e. The summed E-state index contributed by atoms with van der Waals surface area (Å²) in [4.78, 5) is 4.36. The third-order valence-electron chi connectivity index (χ3n) is 3.10. The Balaban J connectivity index is 1.68. The van der Waals surface area contributed by atoms with Gasteiger partial charge in [-0.05, 0) is 31.0 Å². The average molecular weight is 306 g/mol. The summed E-state index contributed by atoms with van der Waals surface area (Å²) in [5.41, 5.74) is 2.25. The zero-order valence-corrected chi connectivity index (χ0v) is 13.3. The van der Waals surface area contributed by atoms with Crippen molar-refractivity contribution in [3.05, 3.63) is 45.9 Å². The first-order chi connectivity index (χ1) is 10.2. The predicted molar refractivity (Wildman–Crippen MR) is 85.9 cm³/mol. The summed E-state index contributed by atoms with van der Waals surface area (Å²) in [6.07, 6.45) is 0.448. The Hall–Kier alpha value is -1.43. The molecule has 1 atom stereocenters. The lowest BCUT2D eigenvalue weighted by atomic mass is 10.2. The van der Waals surface area contributed by atoms with E-state index in [4.69, 9.17) is 4.74 Å². The van der Waals surface area contributed by atoms with Crippen LogP contribution in [0.5, 0.6) is 5.75 Å². The van der Waals surface area contributed by atoms with E-state index in [-0.39, 0.29) is 6.61 Å². The Morgan fingerprint density at radius 3 is 3.00 bits per heavy atom. The maximum atomic E-state index is 9.91. The van der Waals surface area contributed by atoms with Crippen LogP contribution in [0.15, 0.2) is 29.6 Å². The summed E-state index contributed by atoms with van der Waals surface area (Å²) in [6.45, 7) is 5.55. The van der Waals surface area contributed by atoms with Crippen LogP contribution >= 0.6 is 11.3 Å². The summed E-state index contributed by atoms with van der Waals surface area (Å²) in [5.74, 6) is 0.809. The number of hydrogen-bond acceptors (Lipinski definition) is 5. The van der Waals surface area contributed by atoms with Crippen molar-refractivity contribution in [1.82, 2.24) is 10.3 Å². The summed E-state index contributed by atoms with van der Waals surface area (Å²) in [6, 6.07) is 7.97. The fraction of sp³-hybridized carbons (Fsp3) is 0.438. The number of hydrogen-bond donors (Lipinski definition) is 2. The van der Waals surface area contributed by atoms with Gasteiger partial charge < -0.3 is 15.2 Å². The first-order valence-corrected chi connectivity index (χ1v) is 8.07. The molecule has 0 amide bonds. The van der Waals surface area contributed by atoms with Crippen molar-refractivity contribution < 1.29 is 9.84 Å². The van der Waals surface area contributed by atoms with Gasteiger partial charge in [0.25, 0.3) is 0 Å². The molecule has 0 spiro atoms. The Morgan fingerprint density at radius 2 is 2.29 bits per heavy atom. The van der Waals surface area contributed by atoms with Crippen molar-refractivity contribution in [2.24, 2.45) is 0 Å². The second-order valence-electron chi connectivity index (χ2n) is 4.95. The SMILES string of the molecule is CCc1cccc(OCC(O)CNCc2csc(C)n2)c1. The quantitative estimate of drug-likeness (QED) is 0.787. The van der Waals surface area contributed by atoms with Gasteiger partial charge in [-0.2, -0.15) is 0 Å². The van der Waals surface area contributed by atoms with E-state index in [1.807, 2.05) is 30.5 Å². The van der Waals surface area contributed by atoms with E-state index in [9.17, 15) is 5.11 Å². The number of nitrogens with zero attached hydrogens (tertiary/aromatic N) is 1. The van der Waals surface area contributed by atoms with Crippen LogP contribution < -0.4 is 10.1 Å². The lowest BCUT2D eigenvalue weighted by molar-refractivity contribution is 0.106. The molecule has 4 nitrogen and oxygen atoms in total. The Morgan fingerprint density at radius 1 is 1.43 bits per heavy atom. The van der Waals surface area contributed by atoms with Crippen molar-refractivity contribution in [2.75, 3.05) is 13.2 Å². The van der Waals surface area contributed by atoms with Crippen LogP contribution in [-0.4, -0.2) is 29.3 Å². The van der Waals surface area contributed by atoms with Crippen LogP contribution in [-0.2, 0) is 13.0 Å². The normalized spacial score (nSPS) is 12.3. The highest BCUT2D eigenvalue weighted by atomic mass is 32.1. The maximum Gasteiger partial charge on any atom is 0.119 e. The minimum absolute atomic E-state index is 0.288. The van der Waals surface area contributed by atoms with E-state index in [1.54, 1.807) is 11.3 Å². The van der Waals surface area contributed by atoms with Crippen LogP contribution in [0.4, 0.5) is 0 Å². The molecule has 0 fully saturated rings. The molecule has 0 radical (unpaired) electrons. The van der Waals surface area contributed by atoms with Gasteiger partial charge in [-0.25, -0.2) is 4.98 Å². The number of thiazole rings is 1. The van der Waals surface area contributed by atoms with E-state index in [0.717, 1.165) is 22.9 Å². The lowest BCUT2D eigenvalue weighted by Gasteiger charge is -2.13. The zero-order valence-electron chi connectivity index (χ0n) is 12.5. The smallest absolute Gasteiger partial charge is 0.119 e. The highest BCUT2D eigenvalue weighted by molar-refractivity contribution is 7.09. The van der Waals surface area contributed by atoms with E-state index in [0.29, 0.717) is 13.1 Å². The van der Waals surface area contributed by atoms with E-state index >= 15 is 0 Å². The largest absolute Gasteiger partial charge is 0.491 e. The highest BCUT2D eigenvalue weighted by Gasteiger charge is 2.06. The molecule has 0 aliphatic rings. The van der Waals surface area contributed by atoms with Gasteiger partial charge in [0.05, 0.1) is 10.7 Å². The average Bonchev–Trinajstić information content (AvgIpc) is 2.91. The molecule has 1 aromatic heterocycles. The Bertz CT molecular complexity index is 557. The molecule has 0 saturated heterocycles. The molecule has 2 N–H and O–H groups in total. The first-order valence-electron chi connectivity index (χ1n) is 7.19. The fourth-order valence-corrected chi connectivity index (χ4v) is 2.58. The number of aliphatic hydroxyl groups is 1. The van der Waals surface area contributed by atoms with Gasteiger partial charge in [-0.15, -0.1) is 11.3 Å². The van der Waals surface area contributed by atoms with Crippen molar-refractivity contribution in [3.63, 3.8) is 0 Å². The monoisotopic (exact) mass is 306 g/mol. The molecule has 1 aromatic carbocycles. The van der Waals surface area contributed by atoms with Gasteiger partial charge in [-0.1, -0.05) is 19.1 Å². The van der Waals surface area contributed by atoms with Crippen LogP contribution in [0.3, 0.4) is 0 Å². The number of nitrogens with one attached hydrogen (secondary N) is 1. The van der Waals surface area contributed by atoms with Crippen LogP contribution in [0, 0.1) is 6.92 Å².